The third kappa shape index (κ3) is 4.28. The fourth-order valence-electron chi connectivity index (χ4n) is 5.47. The van der Waals surface area contributed by atoms with Crippen molar-refractivity contribution in [2.45, 2.75) is 0 Å². The molecule has 0 atom stereocenters. The molecule has 7 rings (SSSR count). The highest BCUT2D eigenvalue weighted by Crippen LogP contribution is 2.40. The number of aromatic nitrogens is 2. The molecule has 190 valence electrons. The zero-order chi connectivity index (χ0) is 26.9. The summed E-state index contributed by atoms with van der Waals surface area (Å²) in [5.41, 5.74) is 7.13. The first-order valence-electron chi connectivity index (χ1n) is 13.5. The van der Waals surface area contributed by atoms with Crippen molar-refractivity contribution in [3.63, 3.8) is 0 Å². The molecule has 6 aromatic carbocycles. The van der Waals surface area contributed by atoms with E-state index in [4.69, 9.17) is 9.97 Å². The van der Waals surface area contributed by atoms with E-state index in [0.717, 1.165) is 50.2 Å². The number of benzene rings is 6. The number of nitrogens with zero attached hydrogens (tertiary/aromatic N) is 3. The third-order valence-electron chi connectivity index (χ3n) is 7.50. The second-order valence-corrected chi connectivity index (χ2v) is 9.93. The predicted octanol–water partition coefficient (Wildman–Crippen LogP) is 9.55. The standard InChI is InChI=1S/C37H27N3/c1-40(29-18-6-3-7-19-29)35-24-23-27-14-9-11-21-31(27)36(35)37-38-33(28-15-4-2-5-16-28)25-34(39-37)32-22-12-17-26-13-8-10-20-30(26)32/h2-25H,1H3. The Hall–Kier alpha value is -5.28. The van der Waals surface area contributed by atoms with E-state index in [1.165, 1.54) is 10.8 Å². The third-order valence-corrected chi connectivity index (χ3v) is 7.50. The lowest BCUT2D eigenvalue weighted by molar-refractivity contribution is 1.16. The fourth-order valence-corrected chi connectivity index (χ4v) is 5.47. The smallest absolute Gasteiger partial charge is 0.163 e. The summed E-state index contributed by atoms with van der Waals surface area (Å²) in [4.78, 5) is 12.7. The van der Waals surface area contributed by atoms with Crippen LogP contribution in [0.1, 0.15) is 0 Å². The van der Waals surface area contributed by atoms with Gasteiger partial charge in [0.15, 0.2) is 5.82 Å². The second-order valence-electron chi connectivity index (χ2n) is 9.93. The first-order chi connectivity index (χ1) is 19.8. The highest BCUT2D eigenvalue weighted by atomic mass is 15.1. The summed E-state index contributed by atoms with van der Waals surface area (Å²) >= 11 is 0. The lowest BCUT2D eigenvalue weighted by atomic mass is 9.98. The van der Waals surface area contributed by atoms with Crippen LogP contribution in [0, 0.1) is 0 Å². The highest BCUT2D eigenvalue weighted by Gasteiger charge is 2.19. The summed E-state index contributed by atoms with van der Waals surface area (Å²) in [6, 6.07) is 50.7. The Morgan fingerprint density at radius 2 is 1.10 bits per heavy atom. The molecule has 0 unspecified atom stereocenters. The lowest BCUT2D eigenvalue weighted by Crippen LogP contribution is -2.11. The van der Waals surface area contributed by atoms with Crippen molar-refractivity contribution >= 4 is 32.9 Å². The molecule has 0 radical (unpaired) electrons. The molecule has 1 aromatic heterocycles. The maximum Gasteiger partial charge on any atom is 0.163 e. The maximum absolute atomic E-state index is 5.30. The number of rotatable bonds is 5. The number of para-hydroxylation sites is 1. The van der Waals surface area contributed by atoms with E-state index in [9.17, 15) is 0 Å². The van der Waals surface area contributed by atoms with Crippen LogP contribution in [0.25, 0.3) is 55.4 Å². The first-order valence-corrected chi connectivity index (χ1v) is 13.5. The van der Waals surface area contributed by atoms with Crippen molar-refractivity contribution in [3.05, 3.63) is 146 Å². The van der Waals surface area contributed by atoms with Crippen LogP contribution in [0.2, 0.25) is 0 Å². The van der Waals surface area contributed by atoms with Crippen LogP contribution in [-0.2, 0) is 0 Å². The summed E-state index contributed by atoms with van der Waals surface area (Å²) in [5.74, 6) is 0.707. The Kier molecular flexibility index (Phi) is 6.02. The molecule has 0 spiro atoms. The van der Waals surface area contributed by atoms with Crippen LogP contribution in [0.4, 0.5) is 11.4 Å². The van der Waals surface area contributed by atoms with Crippen molar-refractivity contribution in [2.75, 3.05) is 11.9 Å². The summed E-state index contributed by atoms with van der Waals surface area (Å²) in [5, 5.41) is 4.64. The van der Waals surface area contributed by atoms with E-state index in [1.54, 1.807) is 0 Å². The lowest BCUT2D eigenvalue weighted by Gasteiger charge is -2.24. The van der Waals surface area contributed by atoms with Crippen LogP contribution in [-0.4, -0.2) is 17.0 Å². The summed E-state index contributed by atoms with van der Waals surface area (Å²) in [6.07, 6.45) is 0. The van der Waals surface area contributed by atoms with Gasteiger partial charge in [0.1, 0.15) is 0 Å². The van der Waals surface area contributed by atoms with Gasteiger partial charge in [0.2, 0.25) is 0 Å². The Bertz CT molecular complexity index is 1960. The zero-order valence-electron chi connectivity index (χ0n) is 22.2. The van der Waals surface area contributed by atoms with E-state index >= 15 is 0 Å². The van der Waals surface area contributed by atoms with Gasteiger partial charge in [-0.3, -0.25) is 0 Å². The van der Waals surface area contributed by atoms with Gasteiger partial charge in [-0.1, -0.05) is 121 Å². The van der Waals surface area contributed by atoms with Crippen molar-refractivity contribution < 1.29 is 0 Å². The van der Waals surface area contributed by atoms with Gasteiger partial charge in [0, 0.05) is 23.9 Å². The van der Waals surface area contributed by atoms with Gasteiger partial charge in [-0.25, -0.2) is 9.97 Å². The van der Waals surface area contributed by atoms with Crippen molar-refractivity contribution in [1.82, 2.24) is 9.97 Å². The van der Waals surface area contributed by atoms with E-state index < -0.39 is 0 Å². The molecule has 0 fully saturated rings. The largest absolute Gasteiger partial charge is 0.344 e. The summed E-state index contributed by atoms with van der Waals surface area (Å²) in [6.45, 7) is 0. The van der Waals surface area contributed by atoms with E-state index in [2.05, 4.69) is 145 Å². The molecule has 0 aliphatic rings. The molecular formula is C37H27N3. The quantitative estimate of drug-likeness (QED) is 0.229. The van der Waals surface area contributed by atoms with Crippen LogP contribution >= 0.6 is 0 Å². The second kappa shape index (κ2) is 10.1. The average molecular weight is 514 g/mol. The van der Waals surface area contributed by atoms with Crippen molar-refractivity contribution in [3.8, 4) is 33.9 Å². The van der Waals surface area contributed by atoms with Gasteiger partial charge in [-0.15, -0.1) is 0 Å². The maximum atomic E-state index is 5.30. The van der Waals surface area contributed by atoms with Gasteiger partial charge in [0.05, 0.1) is 22.6 Å². The number of hydrogen-bond donors (Lipinski definition) is 0. The number of fused-ring (bicyclic) bond motifs is 2. The SMILES string of the molecule is CN(c1ccccc1)c1ccc2ccccc2c1-c1nc(-c2ccccc2)cc(-c2cccc3ccccc23)n1. The van der Waals surface area contributed by atoms with Crippen molar-refractivity contribution in [1.29, 1.82) is 0 Å². The van der Waals surface area contributed by atoms with E-state index in [0.29, 0.717) is 5.82 Å². The van der Waals surface area contributed by atoms with Crippen LogP contribution in [0.5, 0.6) is 0 Å². The predicted molar refractivity (Wildman–Crippen MR) is 168 cm³/mol. The monoisotopic (exact) mass is 513 g/mol. The molecule has 3 heteroatoms. The molecule has 40 heavy (non-hydrogen) atoms. The van der Waals surface area contributed by atoms with Crippen LogP contribution < -0.4 is 4.90 Å². The van der Waals surface area contributed by atoms with Gasteiger partial charge in [-0.05, 0) is 45.8 Å². The molecule has 0 N–H and O–H groups in total. The molecule has 0 saturated carbocycles. The van der Waals surface area contributed by atoms with Crippen LogP contribution in [0.3, 0.4) is 0 Å². The van der Waals surface area contributed by atoms with Gasteiger partial charge in [0.25, 0.3) is 0 Å². The molecule has 0 aliphatic carbocycles. The minimum absolute atomic E-state index is 0.707. The zero-order valence-corrected chi connectivity index (χ0v) is 22.2. The van der Waals surface area contributed by atoms with Gasteiger partial charge in [-0.2, -0.15) is 0 Å². The van der Waals surface area contributed by atoms with E-state index in [-0.39, 0.29) is 0 Å². The Morgan fingerprint density at radius 3 is 1.88 bits per heavy atom. The molecule has 3 nitrogen and oxygen atoms in total. The molecule has 0 amide bonds. The minimum atomic E-state index is 0.707. The molecule has 0 saturated heterocycles. The average Bonchev–Trinajstić information content (AvgIpc) is 3.04. The summed E-state index contributed by atoms with van der Waals surface area (Å²) < 4.78 is 0. The van der Waals surface area contributed by atoms with Gasteiger partial charge < -0.3 is 4.90 Å². The highest BCUT2D eigenvalue weighted by molar-refractivity contribution is 6.03. The molecular weight excluding hydrogens is 486 g/mol. The number of anilines is 2. The fraction of sp³-hybridized carbons (Fsp3) is 0.0270. The molecule has 0 aliphatic heterocycles. The normalized spacial score (nSPS) is 11.1. The Balaban J connectivity index is 1.54. The molecule has 0 bridgehead atoms. The van der Waals surface area contributed by atoms with Crippen LogP contribution in [0.15, 0.2) is 146 Å². The molecule has 1 heterocycles. The Morgan fingerprint density at radius 1 is 0.500 bits per heavy atom. The number of hydrogen-bond acceptors (Lipinski definition) is 3. The van der Waals surface area contributed by atoms with Gasteiger partial charge >= 0.3 is 0 Å². The topological polar surface area (TPSA) is 29.0 Å². The first kappa shape index (κ1) is 23.8. The van der Waals surface area contributed by atoms with Crippen molar-refractivity contribution in [2.24, 2.45) is 0 Å². The van der Waals surface area contributed by atoms with E-state index in [1.807, 2.05) is 12.1 Å². The molecule has 7 aromatic rings. The summed E-state index contributed by atoms with van der Waals surface area (Å²) in [7, 11) is 2.11. The minimum Gasteiger partial charge on any atom is -0.344 e. The Labute approximate surface area is 234 Å².